The fourth-order valence-corrected chi connectivity index (χ4v) is 6.58. The van der Waals surface area contributed by atoms with Gasteiger partial charge in [0.25, 0.3) is 0 Å². The number of ketones is 1. The highest BCUT2D eigenvalue weighted by molar-refractivity contribution is 7.89. The SMILES string of the molecule is N#C[C@@]1(CC(=O)[C@@H]2CCCCN2)C[C@@H]1c1ccc(-c2ccc(S(=O)(=O)N3CCC3)cc2)cc1. The van der Waals surface area contributed by atoms with Gasteiger partial charge in [-0.25, -0.2) is 8.42 Å². The first kappa shape index (κ1) is 22.3. The zero-order chi connectivity index (χ0) is 23.1. The Morgan fingerprint density at radius 3 is 2.24 bits per heavy atom. The summed E-state index contributed by atoms with van der Waals surface area (Å²) in [4.78, 5) is 13.1. The van der Waals surface area contributed by atoms with Gasteiger partial charge in [-0.1, -0.05) is 42.8 Å². The Morgan fingerprint density at radius 1 is 1.03 bits per heavy atom. The topological polar surface area (TPSA) is 90.3 Å². The van der Waals surface area contributed by atoms with E-state index in [4.69, 9.17) is 0 Å². The molecule has 3 atom stereocenters. The summed E-state index contributed by atoms with van der Waals surface area (Å²) in [5.74, 6) is 0.261. The highest BCUT2D eigenvalue weighted by atomic mass is 32.2. The molecule has 172 valence electrons. The summed E-state index contributed by atoms with van der Waals surface area (Å²) in [5.41, 5.74) is 2.45. The molecular weight excluding hydrogens is 434 g/mol. The van der Waals surface area contributed by atoms with Crippen molar-refractivity contribution in [1.82, 2.24) is 9.62 Å². The van der Waals surface area contributed by atoms with E-state index < -0.39 is 15.4 Å². The van der Waals surface area contributed by atoms with Gasteiger partial charge in [-0.15, -0.1) is 0 Å². The number of carbonyl (C=O) groups is 1. The predicted molar refractivity (Wildman–Crippen MR) is 126 cm³/mol. The van der Waals surface area contributed by atoms with Crippen molar-refractivity contribution in [2.75, 3.05) is 19.6 Å². The van der Waals surface area contributed by atoms with Crippen LogP contribution in [0.2, 0.25) is 0 Å². The van der Waals surface area contributed by atoms with E-state index in [-0.39, 0.29) is 17.7 Å². The first-order chi connectivity index (χ1) is 15.9. The van der Waals surface area contributed by atoms with Crippen LogP contribution in [0.4, 0.5) is 0 Å². The molecule has 33 heavy (non-hydrogen) atoms. The number of sulfonamides is 1. The predicted octanol–water partition coefficient (Wildman–Crippen LogP) is 3.85. The van der Waals surface area contributed by atoms with E-state index in [2.05, 4.69) is 11.4 Å². The van der Waals surface area contributed by atoms with Crippen molar-refractivity contribution in [1.29, 1.82) is 5.26 Å². The molecule has 1 aliphatic carbocycles. The second-order valence-corrected chi connectivity index (χ2v) is 11.5. The Bertz CT molecular complexity index is 1170. The van der Waals surface area contributed by atoms with E-state index in [9.17, 15) is 18.5 Å². The van der Waals surface area contributed by atoms with Crippen LogP contribution in [-0.2, 0) is 14.8 Å². The highest BCUT2D eigenvalue weighted by Crippen LogP contribution is 2.61. The molecule has 7 heteroatoms. The Morgan fingerprint density at radius 2 is 1.70 bits per heavy atom. The third-order valence-electron chi connectivity index (χ3n) is 7.44. The average Bonchev–Trinajstić information content (AvgIpc) is 3.53. The smallest absolute Gasteiger partial charge is 0.243 e. The normalized spacial score (nSPS) is 27.4. The summed E-state index contributed by atoms with van der Waals surface area (Å²) >= 11 is 0. The van der Waals surface area contributed by atoms with Gasteiger partial charge in [-0.2, -0.15) is 9.57 Å². The molecule has 2 aliphatic heterocycles. The van der Waals surface area contributed by atoms with Gasteiger partial charge < -0.3 is 5.32 Å². The number of hydrogen-bond donors (Lipinski definition) is 1. The molecular formula is C26H29N3O3S. The number of carbonyl (C=O) groups excluding carboxylic acids is 1. The van der Waals surface area contributed by atoms with Crippen LogP contribution in [0.15, 0.2) is 53.4 Å². The molecule has 0 radical (unpaired) electrons. The second-order valence-electron chi connectivity index (χ2n) is 9.57. The minimum atomic E-state index is -3.37. The van der Waals surface area contributed by atoms with Crippen LogP contribution in [0.5, 0.6) is 0 Å². The first-order valence-corrected chi connectivity index (χ1v) is 13.2. The summed E-state index contributed by atoms with van der Waals surface area (Å²) < 4.78 is 26.6. The molecule has 3 fully saturated rings. The van der Waals surface area contributed by atoms with Crippen LogP contribution in [0.1, 0.15) is 50.0 Å². The molecule has 0 aromatic heterocycles. The molecule has 2 aromatic rings. The molecule has 5 rings (SSSR count). The number of nitriles is 1. The summed E-state index contributed by atoms with van der Waals surface area (Å²) in [6.45, 7) is 2.07. The monoisotopic (exact) mass is 463 g/mol. The van der Waals surface area contributed by atoms with Crippen LogP contribution < -0.4 is 5.32 Å². The molecule has 0 bridgehead atoms. The fourth-order valence-electron chi connectivity index (χ4n) is 5.07. The lowest BCUT2D eigenvalue weighted by Crippen LogP contribution is -2.41. The third-order valence-corrected chi connectivity index (χ3v) is 9.35. The van der Waals surface area contributed by atoms with Gasteiger partial charge in [0.15, 0.2) is 5.78 Å². The Kier molecular flexibility index (Phi) is 5.86. The van der Waals surface area contributed by atoms with Gasteiger partial charge in [0.05, 0.1) is 22.4 Å². The lowest BCUT2D eigenvalue weighted by atomic mass is 9.89. The van der Waals surface area contributed by atoms with Crippen molar-refractivity contribution in [3.8, 4) is 17.2 Å². The summed E-state index contributed by atoms with van der Waals surface area (Å²) in [6.07, 6.45) is 5.02. The Balaban J connectivity index is 1.26. The third kappa shape index (κ3) is 4.23. The molecule has 2 saturated heterocycles. The van der Waals surface area contributed by atoms with Crippen LogP contribution in [0, 0.1) is 16.7 Å². The molecule has 0 unspecified atom stereocenters. The zero-order valence-corrected chi connectivity index (χ0v) is 19.5. The van der Waals surface area contributed by atoms with E-state index in [0.717, 1.165) is 55.3 Å². The molecule has 6 nitrogen and oxygen atoms in total. The number of piperidine rings is 1. The molecule has 1 saturated carbocycles. The van der Waals surface area contributed by atoms with Crippen molar-refractivity contribution in [2.24, 2.45) is 5.41 Å². The molecule has 2 aromatic carbocycles. The van der Waals surface area contributed by atoms with Gasteiger partial charge in [-0.05, 0) is 61.1 Å². The van der Waals surface area contributed by atoms with Crippen molar-refractivity contribution in [3.05, 3.63) is 54.1 Å². The van der Waals surface area contributed by atoms with Gasteiger partial charge in [0.1, 0.15) is 0 Å². The van der Waals surface area contributed by atoms with E-state index in [0.29, 0.717) is 24.4 Å². The number of Topliss-reactive ketones (excluding diaryl/α,β-unsaturated/α-hetero) is 1. The Hall–Kier alpha value is -2.53. The lowest BCUT2D eigenvalue weighted by molar-refractivity contribution is -0.122. The van der Waals surface area contributed by atoms with Gasteiger partial charge in [0, 0.05) is 25.4 Å². The van der Waals surface area contributed by atoms with E-state index in [1.165, 1.54) is 4.31 Å². The molecule has 2 heterocycles. The molecule has 3 aliphatic rings. The lowest BCUT2D eigenvalue weighted by Gasteiger charge is -2.29. The minimum Gasteiger partial charge on any atom is -0.307 e. The van der Waals surface area contributed by atoms with Gasteiger partial charge in [-0.3, -0.25) is 4.79 Å². The zero-order valence-electron chi connectivity index (χ0n) is 18.7. The largest absolute Gasteiger partial charge is 0.307 e. The maximum atomic E-state index is 12.7. The quantitative estimate of drug-likeness (QED) is 0.674. The summed E-state index contributed by atoms with van der Waals surface area (Å²) in [7, 11) is -3.37. The standard InChI is InChI=1S/C26H29N3O3S/c27-18-26(17-25(30)24-4-1-2-13-28-24)16-23(26)21-7-5-19(6-8-21)20-9-11-22(12-10-20)33(31,32)29-14-3-15-29/h5-12,23-24,28H,1-4,13-17H2/t23-,24+,26+/m1/s1. The number of hydrogen-bond acceptors (Lipinski definition) is 5. The van der Waals surface area contributed by atoms with E-state index in [1.54, 1.807) is 12.1 Å². The molecule has 0 amide bonds. The van der Waals surface area contributed by atoms with Gasteiger partial charge in [0.2, 0.25) is 10.0 Å². The van der Waals surface area contributed by atoms with E-state index >= 15 is 0 Å². The van der Waals surface area contributed by atoms with Crippen molar-refractivity contribution in [3.63, 3.8) is 0 Å². The summed E-state index contributed by atoms with van der Waals surface area (Å²) in [6, 6.07) is 17.5. The van der Waals surface area contributed by atoms with Crippen molar-refractivity contribution >= 4 is 15.8 Å². The highest BCUT2D eigenvalue weighted by Gasteiger charge is 2.57. The maximum Gasteiger partial charge on any atom is 0.243 e. The van der Waals surface area contributed by atoms with Crippen LogP contribution in [0.25, 0.3) is 11.1 Å². The van der Waals surface area contributed by atoms with Crippen molar-refractivity contribution < 1.29 is 13.2 Å². The first-order valence-electron chi connectivity index (χ1n) is 11.8. The number of rotatable bonds is 7. The van der Waals surface area contributed by atoms with E-state index in [1.807, 2.05) is 36.4 Å². The average molecular weight is 464 g/mol. The number of nitrogens with zero attached hydrogens (tertiary/aromatic N) is 2. The van der Waals surface area contributed by atoms with Crippen LogP contribution >= 0.6 is 0 Å². The number of benzene rings is 2. The minimum absolute atomic E-state index is 0.0909. The van der Waals surface area contributed by atoms with Crippen LogP contribution in [-0.4, -0.2) is 44.2 Å². The van der Waals surface area contributed by atoms with Crippen LogP contribution in [0.3, 0.4) is 0 Å². The fraction of sp³-hybridized carbons (Fsp3) is 0.462. The summed E-state index contributed by atoms with van der Waals surface area (Å²) in [5, 5.41) is 13.1. The number of nitrogens with one attached hydrogen (secondary N) is 1. The Labute approximate surface area is 195 Å². The molecule has 0 spiro atoms. The van der Waals surface area contributed by atoms with Crippen molar-refractivity contribution in [2.45, 2.75) is 55.4 Å². The second kappa shape index (κ2) is 8.68. The molecule has 1 N–H and O–H groups in total. The maximum absolute atomic E-state index is 12.7. The van der Waals surface area contributed by atoms with Gasteiger partial charge >= 0.3 is 0 Å².